The van der Waals surface area contributed by atoms with Gasteiger partial charge in [0, 0.05) is 18.3 Å². The second kappa shape index (κ2) is 7.23. The van der Waals surface area contributed by atoms with Crippen molar-refractivity contribution < 1.29 is 4.79 Å². The van der Waals surface area contributed by atoms with Gasteiger partial charge in [-0.15, -0.1) is 0 Å². The van der Waals surface area contributed by atoms with Crippen molar-refractivity contribution in [2.24, 2.45) is 0 Å². The molecule has 2 aromatic carbocycles. The SMILES string of the molecule is CNCCc1ccccc1C(=O)N(C)c1cc(C)cc(C)c1. The van der Waals surface area contributed by atoms with Crippen LogP contribution in [0.25, 0.3) is 0 Å². The largest absolute Gasteiger partial charge is 0.319 e. The molecule has 0 aromatic heterocycles. The highest BCUT2D eigenvalue weighted by molar-refractivity contribution is 6.06. The van der Waals surface area contributed by atoms with Crippen molar-refractivity contribution in [3.8, 4) is 0 Å². The number of hydrogen-bond acceptors (Lipinski definition) is 2. The van der Waals surface area contributed by atoms with Crippen LogP contribution >= 0.6 is 0 Å². The fourth-order valence-electron chi connectivity index (χ4n) is 2.65. The molecule has 0 saturated carbocycles. The van der Waals surface area contributed by atoms with E-state index in [0.717, 1.165) is 40.9 Å². The molecule has 116 valence electrons. The number of benzene rings is 2. The molecule has 1 N–H and O–H groups in total. The smallest absolute Gasteiger partial charge is 0.258 e. The van der Waals surface area contributed by atoms with E-state index in [4.69, 9.17) is 0 Å². The summed E-state index contributed by atoms with van der Waals surface area (Å²) in [4.78, 5) is 14.6. The third kappa shape index (κ3) is 3.74. The maximum absolute atomic E-state index is 12.9. The molecule has 2 rings (SSSR count). The summed E-state index contributed by atoms with van der Waals surface area (Å²) in [6, 6.07) is 14.0. The molecule has 0 heterocycles. The quantitative estimate of drug-likeness (QED) is 0.918. The van der Waals surface area contributed by atoms with Crippen LogP contribution in [0.2, 0.25) is 0 Å². The Morgan fingerprint density at radius 1 is 1.09 bits per heavy atom. The number of nitrogens with zero attached hydrogens (tertiary/aromatic N) is 1. The summed E-state index contributed by atoms with van der Waals surface area (Å²) in [5.74, 6) is 0.0386. The molecule has 0 saturated heterocycles. The highest BCUT2D eigenvalue weighted by Gasteiger charge is 2.17. The average molecular weight is 296 g/mol. The van der Waals surface area contributed by atoms with Crippen LogP contribution in [0.4, 0.5) is 5.69 Å². The van der Waals surface area contributed by atoms with Gasteiger partial charge in [0.05, 0.1) is 0 Å². The lowest BCUT2D eigenvalue weighted by Gasteiger charge is -2.20. The molecule has 0 fully saturated rings. The minimum absolute atomic E-state index is 0.0386. The van der Waals surface area contributed by atoms with Gasteiger partial charge < -0.3 is 10.2 Å². The first-order chi connectivity index (χ1) is 10.5. The zero-order valence-electron chi connectivity index (χ0n) is 13.8. The summed E-state index contributed by atoms with van der Waals surface area (Å²) in [5.41, 5.74) is 5.12. The van der Waals surface area contributed by atoms with Crippen LogP contribution in [0.3, 0.4) is 0 Å². The van der Waals surface area contributed by atoms with E-state index in [0.29, 0.717) is 0 Å². The number of nitrogens with one attached hydrogen (secondary N) is 1. The number of rotatable bonds is 5. The third-order valence-electron chi connectivity index (χ3n) is 3.79. The third-order valence-corrected chi connectivity index (χ3v) is 3.79. The van der Waals surface area contributed by atoms with Crippen molar-refractivity contribution in [2.75, 3.05) is 25.5 Å². The predicted octanol–water partition coefficient (Wildman–Crippen LogP) is 3.34. The lowest BCUT2D eigenvalue weighted by Crippen LogP contribution is -2.27. The molecule has 2 aromatic rings. The number of carbonyl (C=O) groups excluding carboxylic acids is 1. The van der Waals surface area contributed by atoms with E-state index < -0.39 is 0 Å². The highest BCUT2D eigenvalue weighted by Crippen LogP contribution is 2.21. The molecule has 0 spiro atoms. The summed E-state index contributed by atoms with van der Waals surface area (Å²) in [6.45, 7) is 4.96. The van der Waals surface area contributed by atoms with Crippen molar-refractivity contribution in [3.05, 3.63) is 64.7 Å². The van der Waals surface area contributed by atoms with Gasteiger partial charge in [0.15, 0.2) is 0 Å². The molecule has 0 unspecified atom stereocenters. The molecular formula is C19H24N2O. The van der Waals surface area contributed by atoms with E-state index in [1.54, 1.807) is 4.90 Å². The van der Waals surface area contributed by atoms with Crippen molar-refractivity contribution in [1.29, 1.82) is 0 Å². The maximum Gasteiger partial charge on any atom is 0.258 e. The molecule has 3 nitrogen and oxygen atoms in total. The van der Waals surface area contributed by atoms with Crippen LogP contribution in [0.1, 0.15) is 27.0 Å². The maximum atomic E-state index is 12.9. The first kappa shape index (κ1) is 16.2. The summed E-state index contributed by atoms with van der Waals surface area (Å²) >= 11 is 0. The summed E-state index contributed by atoms with van der Waals surface area (Å²) in [7, 11) is 3.76. The molecule has 0 aliphatic heterocycles. The lowest BCUT2D eigenvalue weighted by molar-refractivity contribution is 0.0992. The Balaban J connectivity index is 2.31. The lowest BCUT2D eigenvalue weighted by atomic mass is 10.0. The van der Waals surface area contributed by atoms with Crippen molar-refractivity contribution in [3.63, 3.8) is 0 Å². The highest BCUT2D eigenvalue weighted by atomic mass is 16.2. The Morgan fingerprint density at radius 3 is 2.36 bits per heavy atom. The number of aryl methyl sites for hydroxylation is 2. The van der Waals surface area contributed by atoms with Crippen molar-refractivity contribution in [2.45, 2.75) is 20.3 Å². The number of likely N-dealkylation sites (N-methyl/N-ethyl adjacent to an activating group) is 1. The van der Waals surface area contributed by atoms with Crippen LogP contribution in [0.5, 0.6) is 0 Å². The van der Waals surface area contributed by atoms with Crippen molar-refractivity contribution >= 4 is 11.6 Å². The minimum atomic E-state index is 0.0386. The van der Waals surface area contributed by atoms with Gasteiger partial charge in [-0.3, -0.25) is 4.79 Å². The number of carbonyl (C=O) groups is 1. The molecule has 0 aliphatic rings. The van der Waals surface area contributed by atoms with Gasteiger partial charge in [-0.2, -0.15) is 0 Å². The van der Waals surface area contributed by atoms with Gasteiger partial charge in [-0.05, 0) is 68.8 Å². The Bertz CT molecular complexity index is 644. The first-order valence-electron chi connectivity index (χ1n) is 7.62. The molecule has 0 radical (unpaired) electrons. The van der Waals surface area contributed by atoms with Crippen LogP contribution < -0.4 is 10.2 Å². The number of anilines is 1. The first-order valence-corrected chi connectivity index (χ1v) is 7.62. The van der Waals surface area contributed by atoms with Gasteiger partial charge in [0.25, 0.3) is 5.91 Å². The van der Waals surface area contributed by atoms with Gasteiger partial charge >= 0.3 is 0 Å². The van der Waals surface area contributed by atoms with Crippen LogP contribution in [-0.2, 0) is 6.42 Å². The van der Waals surface area contributed by atoms with Crippen LogP contribution in [0, 0.1) is 13.8 Å². The Morgan fingerprint density at radius 2 is 1.73 bits per heavy atom. The van der Waals surface area contributed by atoms with Gasteiger partial charge in [0.2, 0.25) is 0 Å². The molecule has 1 amide bonds. The molecule has 3 heteroatoms. The topological polar surface area (TPSA) is 32.3 Å². The molecule has 0 bridgehead atoms. The number of hydrogen-bond donors (Lipinski definition) is 1. The summed E-state index contributed by atoms with van der Waals surface area (Å²) in [6.07, 6.45) is 0.846. The Hall–Kier alpha value is -2.13. The fraction of sp³-hybridized carbons (Fsp3) is 0.316. The summed E-state index contributed by atoms with van der Waals surface area (Å²) < 4.78 is 0. The fourth-order valence-corrected chi connectivity index (χ4v) is 2.65. The standard InChI is InChI=1S/C19H24N2O/c1-14-11-15(2)13-17(12-14)21(4)19(22)18-8-6-5-7-16(18)9-10-20-3/h5-8,11-13,20H,9-10H2,1-4H3. The molecule has 22 heavy (non-hydrogen) atoms. The van der Waals surface area contributed by atoms with Crippen LogP contribution in [-0.4, -0.2) is 26.5 Å². The van der Waals surface area contributed by atoms with E-state index in [2.05, 4.69) is 25.2 Å². The van der Waals surface area contributed by atoms with Crippen molar-refractivity contribution in [1.82, 2.24) is 5.32 Å². The zero-order valence-corrected chi connectivity index (χ0v) is 13.8. The monoisotopic (exact) mass is 296 g/mol. The second-order valence-electron chi connectivity index (χ2n) is 5.72. The Kier molecular flexibility index (Phi) is 5.34. The van der Waals surface area contributed by atoms with E-state index in [1.165, 1.54) is 0 Å². The zero-order chi connectivity index (χ0) is 16.1. The van der Waals surface area contributed by atoms with E-state index >= 15 is 0 Å². The van der Waals surface area contributed by atoms with E-state index in [9.17, 15) is 4.79 Å². The molecular weight excluding hydrogens is 272 g/mol. The van der Waals surface area contributed by atoms with Gasteiger partial charge in [0.1, 0.15) is 0 Å². The van der Waals surface area contributed by atoms with Gasteiger partial charge in [-0.25, -0.2) is 0 Å². The van der Waals surface area contributed by atoms with E-state index in [1.807, 2.05) is 50.5 Å². The second-order valence-corrected chi connectivity index (χ2v) is 5.72. The summed E-state index contributed by atoms with van der Waals surface area (Å²) in [5, 5.41) is 3.13. The molecule has 0 aliphatic carbocycles. The van der Waals surface area contributed by atoms with Crippen LogP contribution in [0.15, 0.2) is 42.5 Å². The Labute approximate surface area is 133 Å². The normalized spacial score (nSPS) is 10.5. The number of amides is 1. The van der Waals surface area contributed by atoms with Gasteiger partial charge in [-0.1, -0.05) is 24.3 Å². The molecule has 0 atom stereocenters. The minimum Gasteiger partial charge on any atom is -0.319 e. The predicted molar refractivity (Wildman–Crippen MR) is 92.7 cm³/mol. The van der Waals surface area contributed by atoms with E-state index in [-0.39, 0.29) is 5.91 Å². The average Bonchev–Trinajstić information content (AvgIpc) is 2.51.